The molecule has 0 heterocycles. The molecule has 4 nitrogen and oxygen atoms in total. The summed E-state index contributed by atoms with van der Waals surface area (Å²) in [4.78, 5) is 2.30. The zero-order valence-corrected chi connectivity index (χ0v) is 36.3. The van der Waals surface area contributed by atoms with Crippen LogP contribution in [0.3, 0.4) is 0 Å². The average molecular weight is 851 g/mol. The van der Waals surface area contributed by atoms with Gasteiger partial charge < -0.3 is 19.7 Å². The largest absolute Gasteiger partial charge is 0.457 e. The van der Waals surface area contributed by atoms with E-state index in [1.165, 1.54) is 38.2 Å². The average Bonchev–Trinajstić information content (AvgIpc) is 3.38. The molecular weight excluding hydrogens is 805 g/mol. The van der Waals surface area contributed by atoms with Gasteiger partial charge in [0.1, 0.15) is 23.0 Å². The molecule has 10 aromatic carbocycles. The summed E-state index contributed by atoms with van der Waals surface area (Å²) in [7, 11) is 0. The van der Waals surface area contributed by atoms with Crippen LogP contribution in [-0.2, 0) is 5.54 Å². The lowest BCUT2D eigenvalue weighted by atomic mass is 9.80. The van der Waals surface area contributed by atoms with Gasteiger partial charge in [-0.1, -0.05) is 158 Å². The normalized spacial score (nSPS) is 14.4. The maximum Gasteiger partial charge on any atom is 0.127 e. The summed E-state index contributed by atoms with van der Waals surface area (Å²) in [5.74, 6) is 3.22. The van der Waals surface area contributed by atoms with E-state index in [0.717, 1.165) is 63.3 Å². The van der Waals surface area contributed by atoms with Crippen molar-refractivity contribution in [3.05, 3.63) is 272 Å². The van der Waals surface area contributed by atoms with E-state index < -0.39 is 5.54 Å². The summed E-state index contributed by atoms with van der Waals surface area (Å²) in [6.07, 6.45) is 7.74. The highest BCUT2D eigenvalue weighted by molar-refractivity contribution is 5.90. The molecule has 1 atom stereocenters. The number of ether oxygens (including phenoxy) is 2. The molecule has 0 aliphatic heterocycles. The van der Waals surface area contributed by atoms with Crippen molar-refractivity contribution in [1.82, 2.24) is 0 Å². The summed E-state index contributed by atoms with van der Waals surface area (Å²) in [6, 6.07) is 84.6. The number of rotatable bonds is 12. The molecule has 0 amide bonds. The summed E-state index contributed by atoms with van der Waals surface area (Å²) in [6.45, 7) is 0. The van der Waals surface area contributed by atoms with Gasteiger partial charge in [0.05, 0.1) is 5.54 Å². The van der Waals surface area contributed by atoms with Crippen LogP contribution in [0.4, 0.5) is 22.7 Å². The Balaban J connectivity index is 0.841. The molecule has 0 spiro atoms. The zero-order chi connectivity index (χ0) is 44.1. The number of benzene rings is 10. The van der Waals surface area contributed by atoms with Crippen molar-refractivity contribution in [2.45, 2.75) is 12.0 Å². The summed E-state index contributed by atoms with van der Waals surface area (Å²) >= 11 is 0. The summed E-state index contributed by atoms with van der Waals surface area (Å²) < 4.78 is 12.2. The molecule has 1 aliphatic carbocycles. The van der Waals surface area contributed by atoms with Gasteiger partial charge in [0, 0.05) is 22.7 Å². The number of anilines is 4. The molecular formula is C62H46N2O2. The van der Waals surface area contributed by atoms with Gasteiger partial charge in [-0.15, -0.1) is 0 Å². The van der Waals surface area contributed by atoms with Crippen LogP contribution in [0.25, 0.3) is 38.2 Å². The third-order valence-electron chi connectivity index (χ3n) is 12.4. The maximum atomic E-state index is 6.14. The van der Waals surface area contributed by atoms with E-state index in [9.17, 15) is 0 Å². The molecule has 0 aromatic heterocycles. The molecule has 4 heteroatoms. The fourth-order valence-electron chi connectivity index (χ4n) is 8.90. The molecule has 0 bridgehead atoms. The first-order valence-corrected chi connectivity index (χ1v) is 22.4. The Morgan fingerprint density at radius 3 is 1.41 bits per heavy atom. The second-order valence-corrected chi connectivity index (χ2v) is 16.7. The van der Waals surface area contributed by atoms with Crippen LogP contribution >= 0.6 is 0 Å². The van der Waals surface area contributed by atoms with Crippen LogP contribution in [0.1, 0.15) is 17.5 Å². The number of hydrogen-bond donors (Lipinski definition) is 1. The van der Waals surface area contributed by atoms with E-state index >= 15 is 0 Å². The number of hydrogen-bond acceptors (Lipinski definition) is 4. The van der Waals surface area contributed by atoms with Gasteiger partial charge in [0.25, 0.3) is 0 Å². The van der Waals surface area contributed by atoms with Crippen molar-refractivity contribution < 1.29 is 9.47 Å². The van der Waals surface area contributed by atoms with Gasteiger partial charge in [-0.3, -0.25) is 0 Å². The lowest BCUT2D eigenvalue weighted by Gasteiger charge is -2.35. The molecule has 0 saturated carbocycles. The Morgan fingerprint density at radius 1 is 0.379 bits per heavy atom. The Bertz CT molecular complexity index is 3330. The standard InChI is InChI=1S/C62H46N2O2/c1-3-15-58(16-4-1)65-60-35-28-54(29-36-60)63-62(53-27-23-45-11-7-9-13-51(45)43-53)41-39-50(40-42-62)48-21-19-47(20-22-48)49-24-30-55(31-25-49)64(57-32-26-46-12-8-10-14-52(46)44-57)56-33-37-61(38-34-56)66-59-17-5-2-6-18-59/h1-41,43-44,63H,42H2. The van der Waals surface area contributed by atoms with Crippen molar-refractivity contribution in [2.24, 2.45) is 0 Å². The van der Waals surface area contributed by atoms with E-state index in [4.69, 9.17) is 9.47 Å². The molecule has 1 aliphatic rings. The first kappa shape index (κ1) is 40.2. The van der Waals surface area contributed by atoms with E-state index in [-0.39, 0.29) is 0 Å². The zero-order valence-electron chi connectivity index (χ0n) is 36.3. The van der Waals surface area contributed by atoms with Crippen LogP contribution in [0.2, 0.25) is 0 Å². The van der Waals surface area contributed by atoms with Crippen molar-refractivity contribution in [3.8, 4) is 34.1 Å². The maximum absolute atomic E-state index is 6.14. The molecule has 11 rings (SSSR count). The van der Waals surface area contributed by atoms with Gasteiger partial charge in [-0.2, -0.15) is 0 Å². The third kappa shape index (κ3) is 8.56. The smallest absolute Gasteiger partial charge is 0.127 e. The Labute approximate surface area is 386 Å². The predicted octanol–water partition coefficient (Wildman–Crippen LogP) is 17.1. The summed E-state index contributed by atoms with van der Waals surface area (Å²) in [5, 5.41) is 8.78. The van der Waals surface area contributed by atoms with E-state index in [2.05, 4.69) is 186 Å². The summed E-state index contributed by atoms with van der Waals surface area (Å²) in [5.41, 5.74) is 9.69. The highest BCUT2D eigenvalue weighted by atomic mass is 16.5. The Hall–Kier alpha value is -8.60. The van der Waals surface area contributed by atoms with Crippen LogP contribution in [-0.4, -0.2) is 0 Å². The molecule has 66 heavy (non-hydrogen) atoms. The molecule has 10 aromatic rings. The first-order valence-electron chi connectivity index (χ1n) is 22.4. The molecule has 316 valence electrons. The molecule has 0 saturated heterocycles. The Morgan fingerprint density at radius 2 is 0.833 bits per heavy atom. The minimum absolute atomic E-state index is 0.449. The van der Waals surface area contributed by atoms with Gasteiger partial charge in [-0.25, -0.2) is 0 Å². The van der Waals surface area contributed by atoms with Crippen LogP contribution in [0, 0.1) is 0 Å². The van der Waals surface area contributed by atoms with Crippen molar-refractivity contribution in [1.29, 1.82) is 0 Å². The van der Waals surface area contributed by atoms with Crippen LogP contribution in [0.5, 0.6) is 23.0 Å². The third-order valence-corrected chi connectivity index (χ3v) is 12.4. The van der Waals surface area contributed by atoms with Crippen LogP contribution < -0.4 is 19.7 Å². The fraction of sp³-hybridized carbons (Fsp3) is 0.0323. The molecule has 1 N–H and O–H groups in total. The highest BCUT2D eigenvalue weighted by Gasteiger charge is 2.31. The van der Waals surface area contributed by atoms with Gasteiger partial charge in [-0.05, 0) is 159 Å². The molecule has 0 radical (unpaired) electrons. The van der Waals surface area contributed by atoms with Gasteiger partial charge >= 0.3 is 0 Å². The second kappa shape index (κ2) is 17.9. The minimum atomic E-state index is -0.449. The van der Waals surface area contributed by atoms with Crippen molar-refractivity contribution in [2.75, 3.05) is 10.2 Å². The highest BCUT2D eigenvalue weighted by Crippen LogP contribution is 2.41. The Kier molecular flexibility index (Phi) is 10.9. The van der Waals surface area contributed by atoms with Gasteiger partial charge in [0.15, 0.2) is 0 Å². The number of nitrogens with one attached hydrogen (secondary N) is 1. The topological polar surface area (TPSA) is 33.7 Å². The van der Waals surface area contributed by atoms with E-state index in [1.54, 1.807) is 0 Å². The monoisotopic (exact) mass is 850 g/mol. The number of nitrogens with zero attached hydrogens (tertiary/aromatic N) is 1. The quantitative estimate of drug-likeness (QED) is 0.133. The van der Waals surface area contributed by atoms with Gasteiger partial charge in [0.2, 0.25) is 0 Å². The molecule has 0 fully saturated rings. The van der Waals surface area contributed by atoms with E-state index in [0.29, 0.717) is 0 Å². The minimum Gasteiger partial charge on any atom is -0.457 e. The fourth-order valence-corrected chi connectivity index (χ4v) is 8.90. The second-order valence-electron chi connectivity index (χ2n) is 16.7. The molecule has 1 unspecified atom stereocenters. The number of fused-ring (bicyclic) bond motifs is 2. The predicted molar refractivity (Wildman–Crippen MR) is 275 cm³/mol. The van der Waals surface area contributed by atoms with Crippen molar-refractivity contribution in [3.63, 3.8) is 0 Å². The van der Waals surface area contributed by atoms with Crippen LogP contribution in [0.15, 0.2) is 261 Å². The number of allylic oxidation sites excluding steroid dienone is 2. The lowest BCUT2D eigenvalue weighted by molar-refractivity contribution is 0.482. The number of para-hydroxylation sites is 2. The van der Waals surface area contributed by atoms with Crippen molar-refractivity contribution >= 4 is 49.9 Å². The lowest BCUT2D eigenvalue weighted by Crippen LogP contribution is -2.34. The van der Waals surface area contributed by atoms with E-state index in [1.807, 2.05) is 84.9 Å². The SMILES string of the molecule is C1=CC(Nc2ccc(Oc3ccccc3)cc2)(c2ccc3ccccc3c2)CC=C1c1ccc(-c2ccc(N(c3ccc(Oc4ccccc4)cc3)c3ccc4ccccc4c3)cc2)cc1. The first-order chi connectivity index (χ1) is 32.6.